The number of benzene rings is 2. The van der Waals surface area contributed by atoms with Crippen molar-refractivity contribution < 1.29 is 14.3 Å². The number of carbonyl (C=O) groups is 2. The number of carbonyl (C=O) groups excluding carboxylic acids is 2. The summed E-state index contributed by atoms with van der Waals surface area (Å²) in [5.41, 5.74) is 4.83. The summed E-state index contributed by atoms with van der Waals surface area (Å²) < 4.78 is 5.31. The number of hydrogen-bond acceptors (Lipinski definition) is 3. The van der Waals surface area contributed by atoms with Crippen molar-refractivity contribution in [2.24, 2.45) is 0 Å². The van der Waals surface area contributed by atoms with Crippen LogP contribution in [0, 0.1) is 13.8 Å². The zero-order valence-corrected chi connectivity index (χ0v) is 13.9. The van der Waals surface area contributed by atoms with E-state index in [9.17, 15) is 9.59 Å². The predicted octanol–water partition coefficient (Wildman–Crippen LogP) is 3.37. The van der Waals surface area contributed by atoms with Gasteiger partial charge in [0.25, 0.3) is 11.8 Å². The lowest BCUT2D eigenvalue weighted by Gasteiger charge is -2.18. The summed E-state index contributed by atoms with van der Waals surface area (Å²) >= 11 is 0. The van der Waals surface area contributed by atoms with E-state index in [1.807, 2.05) is 26.0 Å². The molecule has 0 bridgehead atoms. The maximum Gasteiger partial charge on any atom is 0.272 e. The maximum atomic E-state index is 12.6. The summed E-state index contributed by atoms with van der Waals surface area (Å²) in [6, 6.07) is 11.1. The van der Waals surface area contributed by atoms with E-state index in [4.69, 9.17) is 4.74 Å². The molecule has 0 saturated carbocycles. The standard InChI is InChI=1S/C19H17N3O3/c1-10-5-11(2)13-8-16(21-14(13)6-10)19(24)20-12-3-4-17-15(7-12)22-18(23)9-25-17/h3-8,21H,9H2,1-2H3,(H,20,24)(H,22,23). The molecule has 2 aromatic carbocycles. The topological polar surface area (TPSA) is 83.2 Å². The molecule has 126 valence electrons. The van der Waals surface area contributed by atoms with Gasteiger partial charge in [0, 0.05) is 16.6 Å². The molecule has 0 spiro atoms. The molecule has 3 aromatic rings. The van der Waals surface area contributed by atoms with E-state index >= 15 is 0 Å². The van der Waals surface area contributed by atoms with E-state index in [1.54, 1.807) is 18.2 Å². The number of anilines is 2. The number of fused-ring (bicyclic) bond motifs is 2. The molecule has 0 unspecified atom stereocenters. The van der Waals surface area contributed by atoms with Crippen LogP contribution in [0.5, 0.6) is 5.75 Å². The minimum absolute atomic E-state index is 0.00649. The molecule has 2 heterocycles. The first-order chi connectivity index (χ1) is 12.0. The van der Waals surface area contributed by atoms with Crippen molar-refractivity contribution in [1.29, 1.82) is 0 Å². The molecule has 6 heteroatoms. The Bertz CT molecular complexity index is 1020. The maximum absolute atomic E-state index is 12.6. The van der Waals surface area contributed by atoms with Crippen LogP contribution in [0.3, 0.4) is 0 Å². The van der Waals surface area contributed by atoms with Gasteiger partial charge in [-0.25, -0.2) is 0 Å². The first kappa shape index (κ1) is 15.3. The number of ether oxygens (including phenoxy) is 1. The van der Waals surface area contributed by atoms with Crippen LogP contribution in [-0.4, -0.2) is 23.4 Å². The van der Waals surface area contributed by atoms with Gasteiger partial charge < -0.3 is 20.4 Å². The highest BCUT2D eigenvalue weighted by atomic mass is 16.5. The molecule has 1 aromatic heterocycles. The van der Waals surface area contributed by atoms with Crippen LogP contribution in [0.25, 0.3) is 10.9 Å². The summed E-state index contributed by atoms with van der Waals surface area (Å²) in [4.78, 5) is 27.1. The van der Waals surface area contributed by atoms with Crippen molar-refractivity contribution >= 4 is 34.1 Å². The number of hydrogen-bond donors (Lipinski definition) is 3. The van der Waals surface area contributed by atoms with E-state index in [-0.39, 0.29) is 18.4 Å². The van der Waals surface area contributed by atoms with Gasteiger partial charge in [0.05, 0.1) is 5.69 Å². The summed E-state index contributed by atoms with van der Waals surface area (Å²) in [6.45, 7) is 4.06. The number of aryl methyl sites for hydroxylation is 2. The highest BCUT2D eigenvalue weighted by Gasteiger charge is 2.17. The van der Waals surface area contributed by atoms with E-state index in [0.29, 0.717) is 22.8 Å². The molecule has 1 aliphatic heterocycles. The number of H-pyrrole nitrogens is 1. The Hall–Kier alpha value is -3.28. The van der Waals surface area contributed by atoms with Crippen molar-refractivity contribution in [3.05, 3.63) is 53.2 Å². The Kier molecular flexibility index (Phi) is 3.46. The third-order valence-corrected chi connectivity index (χ3v) is 4.20. The fourth-order valence-electron chi connectivity index (χ4n) is 3.08. The second-order valence-corrected chi connectivity index (χ2v) is 6.23. The van der Waals surface area contributed by atoms with Gasteiger partial charge in [-0.1, -0.05) is 6.07 Å². The fraction of sp³-hybridized carbons (Fsp3) is 0.158. The second kappa shape index (κ2) is 5.66. The highest BCUT2D eigenvalue weighted by molar-refractivity contribution is 6.07. The van der Waals surface area contributed by atoms with Crippen LogP contribution < -0.4 is 15.4 Å². The predicted molar refractivity (Wildman–Crippen MR) is 96.3 cm³/mol. The first-order valence-corrected chi connectivity index (χ1v) is 7.97. The smallest absolute Gasteiger partial charge is 0.272 e. The summed E-state index contributed by atoms with van der Waals surface area (Å²) in [5, 5.41) is 6.60. The molecule has 2 amide bonds. The van der Waals surface area contributed by atoms with Gasteiger partial charge >= 0.3 is 0 Å². The Morgan fingerprint density at radius 1 is 1.16 bits per heavy atom. The van der Waals surface area contributed by atoms with Crippen molar-refractivity contribution in [1.82, 2.24) is 4.98 Å². The van der Waals surface area contributed by atoms with Crippen molar-refractivity contribution in [3.8, 4) is 5.75 Å². The van der Waals surface area contributed by atoms with Crippen molar-refractivity contribution in [2.75, 3.05) is 17.2 Å². The summed E-state index contributed by atoms with van der Waals surface area (Å²) in [7, 11) is 0. The van der Waals surface area contributed by atoms with Crippen molar-refractivity contribution in [2.45, 2.75) is 13.8 Å². The van der Waals surface area contributed by atoms with E-state index in [1.165, 1.54) is 0 Å². The second-order valence-electron chi connectivity index (χ2n) is 6.23. The number of aromatic nitrogens is 1. The Morgan fingerprint density at radius 2 is 2.00 bits per heavy atom. The number of amides is 2. The minimum Gasteiger partial charge on any atom is -0.482 e. The van der Waals surface area contributed by atoms with Crippen LogP contribution in [0.15, 0.2) is 36.4 Å². The molecule has 25 heavy (non-hydrogen) atoms. The average molecular weight is 335 g/mol. The lowest BCUT2D eigenvalue weighted by Crippen LogP contribution is -2.25. The SMILES string of the molecule is Cc1cc(C)c2cc(C(=O)Nc3ccc4c(c3)NC(=O)CO4)[nH]c2c1. The average Bonchev–Trinajstić information content (AvgIpc) is 2.99. The minimum atomic E-state index is -0.240. The molecule has 1 aliphatic rings. The Labute approximate surface area is 144 Å². The van der Waals surface area contributed by atoms with Gasteiger partial charge in [0.1, 0.15) is 11.4 Å². The molecular formula is C19H17N3O3. The van der Waals surface area contributed by atoms with Gasteiger partial charge in [-0.05, 0) is 55.3 Å². The van der Waals surface area contributed by atoms with Gasteiger partial charge in [-0.3, -0.25) is 9.59 Å². The zero-order valence-electron chi connectivity index (χ0n) is 13.9. The monoisotopic (exact) mass is 335 g/mol. The number of rotatable bonds is 2. The molecular weight excluding hydrogens is 318 g/mol. The highest BCUT2D eigenvalue weighted by Crippen LogP contribution is 2.30. The molecule has 0 aliphatic carbocycles. The van der Waals surface area contributed by atoms with E-state index in [0.717, 1.165) is 22.0 Å². The molecule has 0 atom stereocenters. The van der Waals surface area contributed by atoms with Crippen LogP contribution >= 0.6 is 0 Å². The lowest BCUT2D eigenvalue weighted by molar-refractivity contribution is -0.118. The number of aromatic amines is 1. The summed E-state index contributed by atoms with van der Waals surface area (Å²) in [5.74, 6) is 0.142. The molecule has 6 nitrogen and oxygen atoms in total. The van der Waals surface area contributed by atoms with Crippen LogP contribution in [0.1, 0.15) is 21.6 Å². The largest absolute Gasteiger partial charge is 0.482 e. The Balaban J connectivity index is 1.61. The van der Waals surface area contributed by atoms with Gasteiger partial charge in [-0.2, -0.15) is 0 Å². The molecule has 0 saturated heterocycles. The van der Waals surface area contributed by atoms with Gasteiger partial charge in [-0.15, -0.1) is 0 Å². The van der Waals surface area contributed by atoms with Crippen LogP contribution in [0.4, 0.5) is 11.4 Å². The fourth-order valence-corrected chi connectivity index (χ4v) is 3.08. The van der Waals surface area contributed by atoms with Gasteiger partial charge in [0.2, 0.25) is 0 Å². The third-order valence-electron chi connectivity index (χ3n) is 4.20. The Morgan fingerprint density at radius 3 is 2.84 bits per heavy atom. The quantitative estimate of drug-likeness (QED) is 0.671. The summed E-state index contributed by atoms with van der Waals surface area (Å²) in [6.07, 6.45) is 0. The third kappa shape index (κ3) is 2.82. The van der Waals surface area contributed by atoms with Crippen molar-refractivity contribution in [3.63, 3.8) is 0 Å². The molecule has 0 fully saturated rings. The van der Waals surface area contributed by atoms with Crippen LogP contribution in [0.2, 0.25) is 0 Å². The lowest BCUT2D eigenvalue weighted by atomic mass is 10.1. The first-order valence-electron chi connectivity index (χ1n) is 7.97. The zero-order chi connectivity index (χ0) is 17.6. The molecule has 4 rings (SSSR count). The number of nitrogens with one attached hydrogen (secondary N) is 3. The van der Waals surface area contributed by atoms with E-state index < -0.39 is 0 Å². The van der Waals surface area contributed by atoms with Crippen LogP contribution in [-0.2, 0) is 4.79 Å². The van der Waals surface area contributed by atoms with Gasteiger partial charge in [0.15, 0.2) is 6.61 Å². The molecule has 3 N–H and O–H groups in total. The molecule has 0 radical (unpaired) electrons. The van der Waals surface area contributed by atoms with E-state index in [2.05, 4.69) is 21.7 Å². The normalized spacial score (nSPS) is 13.1.